The fourth-order valence-corrected chi connectivity index (χ4v) is 5.91. The Labute approximate surface area is 212 Å². The summed E-state index contributed by atoms with van der Waals surface area (Å²) in [5, 5.41) is 3.45. The van der Waals surface area contributed by atoms with E-state index in [9.17, 15) is 34.8 Å². The SMILES string of the molecule is CC(Cc1cccc(C(F)(F)F)c1)C(C)NCC1CCN(C(=O)C(CS(C)(=O)=O)NS(C)(=O)=O)CC1. The highest BCUT2D eigenvalue weighted by molar-refractivity contribution is 7.91. The number of amides is 1. The standard InChI is InChI=1S/C23H36F3N3O5S2/c1-16(12-19-6-5-7-20(13-19)23(24,25)26)17(2)27-14-18-8-10-29(11-9-18)22(30)21(15-35(3,31)32)28-36(4,33)34/h5-7,13,16-18,21,27-28H,8-12,14-15H2,1-4H3. The van der Waals surface area contributed by atoms with Gasteiger partial charge in [0.15, 0.2) is 0 Å². The van der Waals surface area contributed by atoms with Crippen LogP contribution in [0.4, 0.5) is 13.2 Å². The van der Waals surface area contributed by atoms with Crippen molar-refractivity contribution < 1.29 is 34.8 Å². The van der Waals surface area contributed by atoms with Crippen LogP contribution in [0.25, 0.3) is 0 Å². The molecular weight excluding hydrogens is 519 g/mol. The van der Waals surface area contributed by atoms with E-state index in [4.69, 9.17) is 0 Å². The zero-order valence-electron chi connectivity index (χ0n) is 21.0. The third kappa shape index (κ3) is 10.3. The normalized spacial score (nSPS) is 18.6. The minimum atomic E-state index is -4.37. The summed E-state index contributed by atoms with van der Waals surface area (Å²) >= 11 is 0. The third-order valence-corrected chi connectivity index (χ3v) is 8.10. The van der Waals surface area contributed by atoms with E-state index >= 15 is 0 Å². The number of piperidine rings is 1. The van der Waals surface area contributed by atoms with Crippen LogP contribution >= 0.6 is 0 Å². The maximum Gasteiger partial charge on any atom is 0.416 e. The van der Waals surface area contributed by atoms with Gasteiger partial charge in [-0.1, -0.05) is 25.1 Å². The topological polar surface area (TPSA) is 113 Å². The summed E-state index contributed by atoms with van der Waals surface area (Å²) in [5.74, 6) is -0.815. The number of nitrogens with zero attached hydrogens (tertiary/aromatic N) is 1. The summed E-state index contributed by atoms with van der Waals surface area (Å²) < 4.78 is 87.6. The number of carbonyl (C=O) groups is 1. The molecule has 1 aliphatic heterocycles. The number of hydrogen-bond acceptors (Lipinski definition) is 6. The van der Waals surface area contributed by atoms with Gasteiger partial charge in [0, 0.05) is 25.4 Å². The summed E-state index contributed by atoms with van der Waals surface area (Å²) in [5.41, 5.74) is -0.0243. The van der Waals surface area contributed by atoms with Crippen LogP contribution in [-0.4, -0.2) is 77.6 Å². The molecule has 0 saturated carbocycles. The van der Waals surface area contributed by atoms with E-state index in [1.807, 2.05) is 13.8 Å². The Bertz CT molecular complexity index is 1070. The van der Waals surface area contributed by atoms with Gasteiger partial charge in [-0.3, -0.25) is 4.79 Å². The molecule has 1 aromatic rings. The summed E-state index contributed by atoms with van der Waals surface area (Å²) in [4.78, 5) is 14.3. The van der Waals surface area contributed by atoms with E-state index in [1.54, 1.807) is 6.07 Å². The largest absolute Gasteiger partial charge is 0.416 e. The summed E-state index contributed by atoms with van der Waals surface area (Å²) in [6.07, 6.45) is -0.714. The van der Waals surface area contributed by atoms with Gasteiger partial charge in [0.05, 0.1) is 17.6 Å². The van der Waals surface area contributed by atoms with Crippen LogP contribution in [0.2, 0.25) is 0 Å². The maximum atomic E-state index is 13.0. The highest BCUT2D eigenvalue weighted by Gasteiger charge is 2.33. The quantitative estimate of drug-likeness (QED) is 0.432. The van der Waals surface area contributed by atoms with Crippen LogP contribution < -0.4 is 10.0 Å². The number of alkyl halides is 3. The first kappa shape index (κ1) is 30.5. The van der Waals surface area contributed by atoms with Gasteiger partial charge in [0.1, 0.15) is 15.9 Å². The van der Waals surface area contributed by atoms with Crippen molar-refractivity contribution in [2.24, 2.45) is 11.8 Å². The molecule has 0 radical (unpaired) electrons. The zero-order chi connectivity index (χ0) is 27.3. The summed E-state index contributed by atoms with van der Waals surface area (Å²) in [7, 11) is -7.37. The number of hydrogen-bond donors (Lipinski definition) is 2. The Morgan fingerprint density at radius 1 is 1.11 bits per heavy atom. The average molecular weight is 556 g/mol. The maximum absolute atomic E-state index is 13.0. The van der Waals surface area contributed by atoms with Crippen molar-refractivity contribution in [1.82, 2.24) is 14.9 Å². The van der Waals surface area contributed by atoms with Crippen molar-refractivity contribution >= 4 is 25.8 Å². The molecule has 1 aromatic carbocycles. The van der Waals surface area contributed by atoms with Crippen LogP contribution in [-0.2, 0) is 37.3 Å². The Balaban J connectivity index is 1.85. The van der Waals surface area contributed by atoms with Crippen LogP contribution in [0, 0.1) is 11.8 Å². The van der Waals surface area contributed by atoms with Gasteiger partial charge in [-0.15, -0.1) is 0 Å². The number of likely N-dealkylation sites (tertiary alicyclic amines) is 1. The first-order valence-corrected chi connectivity index (χ1v) is 15.7. The van der Waals surface area contributed by atoms with Crippen LogP contribution in [0.3, 0.4) is 0 Å². The Morgan fingerprint density at radius 2 is 1.72 bits per heavy atom. The summed E-state index contributed by atoms with van der Waals surface area (Å²) in [6, 6.07) is 4.06. The van der Waals surface area contributed by atoms with Gasteiger partial charge in [-0.25, -0.2) is 21.6 Å². The number of sulfonamides is 1. The molecule has 3 atom stereocenters. The van der Waals surface area contributed by atoms with Crippen LogP contribution in [0.5, 0.6) is 0 Å². The molecule has 0 aromatic heterocycles. The van der Waals surface area contributed by atoms with E-state index in [-0.39, 0.29) is 17.9 Å². The number of carbonyl (C=O) groups excluding carboxylic acids is 1. The fraction of sp³-hybridized carbons (Fsp3) is 0.696. The molecular formula is C23H36F3N3O5S2. The molecule has 1 fully saturated rings. The van der Waals surface area contributed by atoms with Crippen molar-refractivity contribution in [3.05, 3.63) is 35.4 Å². The molecule has 1 saturated heterocycles. The summed E-state index contributed by atoms with van der Waals surface area (Å²) in [6.45, 7) is 5.40. The van der Waals surface area contributed by atoms with Gasteiger partial charge in [-0.05, 0) is 56.2 Å². The van der Waals surface area contributed by atoms with Crippen molar-refractivity contribution in [1.29, 1.82) is 0 Å². The van der Waals surface area contributed by atoms with Crippen LogP contribution in [0.1, 0.15) is 37.8 Å². The van der Waals surface area contributed by atoms with Gasteiger partial charge < -0.3 is 10.2 Å². The third-order valence-electron chi connectivity index (χ3n) is 6.44. The number of benzene rings is 1. The number of halogens is 3. The molecule has 1 amide bonds. The van der Waals surface area contributed by atoms with Crippen molar-refractivity contribution in [2.75, 3.05) is 37.9 Å². The second-order valence-electron chi connectivity index (χ2n) is 9.88. The van der Waals surface area contributed by atoms with E-state index in [0.717, 1.165) is 18.6 Å². The lowest BCUT2D eigenvalue weighted by Crippen LogP contribution is -2.53. The Morgan fingerprint density at radius 3 is 2.25 bits per heavy atom. The van der Waals surface area contributed by atoms with Gasteiger partial charge >= 0.3 is 6.18 Å². The lowest BCUT2D eigenvalue weighted by Gasteiger charge is -2.35. The molecule has 1 heterocycles. The van der Waals surface area contributed by atoms with Crippen molar-refractivity contribution in [3.63, 3.8) is 0 Å². The lowest BCUT2D eigenvalue weighted by molar-refractivity contribution is -0.137. The monoisotopic (exact) mass is 555 g/mol. The first-order valence-electron chi connectivity index (χ1n) is 11.8. The smallest absolute Gasteiger partial charge is 0.341 e. The van der Waals surface area contributed by atoms with E-state index < -0.39 is 49.3 Å². The van der Waals surface area contributed by atoms with E-state index in [1.165, 1.54) is 17.0 Å². The van der Waals surface area contributed by atoms with E-state index in [0.29, 0.717) is 44.5 Å². The lowest BCUT2D eigenvalue weighted by atomic mass is 9.92. The fourth-order valence-electron chi connectivity index (χ4n) is 4.27. The Kier molecular flexibility index (Phi) is 10.4. The average Bonchev–Trinajstić information content (AvgIpc) is 2.74. The van der Waals surface area contributed by atoms with Gasteiger partial charge in [0.2, 0.25) is 15.9 Å². The molecule has 0 bridgehead atoms. The molecule has 8 nitrogen and oxygen atoms in total. The van der Waals surface area contributed by atoms with Gasteiger partial charge in [-0.2, -0.15) is 13.2 Å². The molecule has 206 valence electrons. The molecule has 3 unspecified atom stereocenters. The van der Waals surface area contributed by atoms with Crippen molar-refractivity contribution in [2.45, 2.75) is 51.4 Å². The minimum absolute atomic E-state index is 0.0531. The number of rotatable bonds is 11. The second-order valence-corrected chi connectivity index (χ2v) is 13.8. The molecule has 13 heteroatoms. The number of sulfone groups is 1. The van der Waals surface area contributed by atoms with Gasteiger partial charge in [0.25, 0.3) is 0 Å². The highest BCUT2D eigenvalue weighted by atomic mass is 32.2. The van der Waals surface area contributed by atoms with E-state index in [2.05, 4.69) is 10.0 Å². The molecule has 1 aliphatic rings. The molecule has 36 heavy (non-hydrogen) atoms. The number of nitrogens with one attached hydrogen (secondary N) is 2. The molecule has 0 spiro atoms. The second kappa shape index (κ2) is 12.2. The highest BCUT2D eigenvalue weighted by Crippen LogP contribution is 2.30. The molecule has 0 aliphatic carbocycles. The van der Waals surface area contributed by atoms with Crippen LogP contribution in [0.15, 0.2) is 24.3 Å². The first-order chi connectivity index (χ1) is 16.4. The predicted octanol–water partition coefficient (Wildman–Crippen LogP) is 2.06. The predicted molar refractivity (Wildman–Crippen MR) is 133 cm³/mol. The molecule has 2 N–H and O–H groups in total. The zero-order valence-corrected chi connectivity index (χ0v) is 22.6. The van der Waals surface area contributed by atoms with Crippen molar-refractivity contribution in [3.8, 4) is 0 Å². The minimum Gasteiger partial charge on any atom is -0.341 e. The Hall–Kier alpha value is -1.70. The molecule has 2 rings (SSSR count).